The molecule has 18 heavy (non-hydrogen) atoms. The maximum absolute atomic E-state index is 6.34. The maximum Gasteiger partial charge on any atom is 0.0860 e. The number of rotatable bonds is 2. The van der Waals surface area contributed by atoms with Gasteiger partial charge in [0.25, 0.3) is 0 Å². The molecular weight excluding hydrogens is 269 g/mol. The second-order valence-corrected chi connectivity index (χ2v) is 6.59. The molecule has 1 aromatic rings. The molecule has 0 aromatic carbocycles. The molecule has 3 nitrogen and oxygen atoms in total. The lowest BCUT2D eigenvalue weighted by atomic mass is 10.0. The Bertz CT molecular complexity index is 443. The van der Waals surface area contributed by atoms with E-state index in [1.165, 1.54) is 12.8 Å². The van der Waals surface area contributed by atoms with Crippen molar-refractivity contribution in [1.29, 1.82) is 0 Å². The van der Waals surface area contributed by atoms with Crippen molar-refractivity contribution in [3.8, 4) is 0 Å². The van der Waals surface area contributed by atoms with Gasteiger partial charge in [0.15, 0.2) is 0 Å². The van der Waals surface area contributed by atoms with Gasteiger partial charge in [-0.05, 0) is 32.6 Å². The van der Waals surface area contributed by atoms with Crippen LogP contribution in [0.5, 0.6) is 0 Å². The second-order valence-electron chi connectivity index (χ2n) is 5.60. The fourth-order valence-corrected chi connectivity index (χ4v) is 4.12. The standard InChI is InChI=1S/C13H19Cl2N3/c1-8-13(15)12(17(2)16-8)7-18-10-3-4-11(18)6-9(14)5-10/h9-11H,3-7H2,1-2H3. The lowest BCUT2D eigenvalue weighted by Crippen LogP contribution is -2.43. The number of piperidine rings is 1. The van der Waals surface area contributed by atoms with Crippen molar-refractivity contribution < 1.29 is 0 Å². The highest BCUT2D eigenvalue weighted by Gasteiger charge is 2.40. The number of hydrogen-bond donors (Lipinski definition) is 0. The average molecular weight is 288 g/mol. The molecule has 100 valence electrons. The summed E-state index contributed by atoms with van der Waals surface area (Å²) in [6, 6.07) is 1.27. The highest BCUT2D eigenvalue weighted by Crippen LogP contribution is 2.39. The summed E-state index contributed by atoms with van der Waals surface area (Å²) in [5.41, 5.74) is 2.06. The molecule has 2 bridgehead atoms. The van der Waals surface area contributed by atoms with Gasteiger partial charge < -0.3 is 0 Å². The summed E-state index contributed by atoms with van der Waals surface area (Å²) in [6.07, 6.45) is 4.80. The van der Waals surface area contributed by atoms with E-state index in [1.54, 1.807) is 0 Å². The third-order valence-corrected chi connectivity index (χ3v) is 5.27. The number of halogens is 2. The zero-order chi connectivity index (χ0) is 12.9. The molecule has 0 saturated carbocycles. The summed E-state index contributed by atoms with van der Waals surface area (Å²) in [5.74, 6) is 0. The highest BCUT2D eigenvalue weighted by molar-refractivity contribution is 6.31. The molecule has 5 heteroatoms. The molecular formula is C13H19Cl2N3. The smallest absolute Gasteiger partial charge is 0.0860 e. The molecule has 1 aromatic heterocycles. The maximum atomic E-state index is 6.34. The fraction of sp³-hybridized carbons (Fsp3) is 0.769. The first kappa shape index (κ1) is 12.8. The predicted octanol–water partition coefficient (Wildman–Crippen LogP) is 3.12. The Morgan fingerprint density at radius 3 is 2.39 bits per heavy atom. The van der Waals surface area contributed by atoms with E-state index in [2.05, 4.69) is 10.00 Å². The summed E-state index contributed by atoms with van der Waals surface area (Å²) < 4.78 is 1.92. The number of aromatic nitrogens is 2. The lowest BCUT2D eigenvalue weighted by molar-refractivity contribution is 0.131. The molecule has 2 fully saturated rings. The Balaban J connectivity index is 1.81. The van der Waals surface area contributed by atoms with Crippen LogP contribution in [0.4, 0.5) is 0 Å². The quantitative estimate of drug-likeness (QED) is 0.780. The van der Waals surface area contributed by atoms with Crippen molar-refractivity contribution in [3.63, 3.8) is 0 Å². The van der Waals surface area contributed by atoms with Crippen LogP contribution in [0.1, 0.15) is 37.1 Å². The van der Waals surface area contributed by atoms with Crippen LogP contribution in [0, 0.1) is 6.92 Å². The minimum absolute atomic E-state index is 0.363. The Hall–Kier alpha value is -0.250. The number of fused-ring (bicyclic) bond motifs is 2. The number of nitrogens with zero attached hydrogens (tertiary/aromatic N) is 3. The molecule has 0 amide bonds. The van der Waals surface area contributed by atoms with E-state index in [-0.39, 0.29) is 0 Å². The minimum Gasteiger partial charge on any atom is -0.291 e. The van der Waals surface area contributed by atoms with Crippen LogP contribution >= 0.6 is 23.2 Å². The van der Waals surface area contributed by atoms with E-state index in [9.17, 15) is 0 Å². The molecule has 3 rings (SSSR count). The highest BCUT2D eigenvalue weighted by atomic mass is 35.5. The van der Waals surface area contributed by atoms with Crippen LogP contribution in [0.25, 0.3) is 0 Å². The van der Waals surface area contributed by atoms with Gasteiger partial charge >= 0.3 is 0 Å². The van der Waals surface area contributed by atoms with Crippen molar-refractivity contribution in [2.45, 2.75) is 56.6 Å². The molecule has 2 atom stereocenters. The van der Waals surface area contributed by atoms with E-state index in [0.29, 0.717) is 17.5 Å². The van der Waals surface area contributed by atoms with E-state index in [0.717, 1.165) is 35.8 Å². The molecule has 2 aliphatic heterocycles. The third kappa shape index (κ3) is 2.06. The van der Waals surface area contributed by atoms with Gasteiger partial charge in [0, 0.05) is 31.1 Å². The van der Waals surface area contributed by atoms with E-state index < -0.39 is 0 Å². The molecule has 3 heterocycles. The van der Waals surface area contributed by atoms with Gasteiger partial charge in [0.2, 0.25) is 0 Å². The number of hydrogen-bond acceptors (Lipinski definition) is 2. The molecule has 2 saturated heterocycles. The number of alkyl halides is 1. The predicted molar refractivity (Wildman–Crippen MR) is 74.2 cm³/mol. The Morgan fingerprint density at radius 2 is 1.89 bits per heavy atom. The SMILES string of the molecule is Cc1nn(C)c(CN2C3CCC2CC(Cl)C3)c1Cl. The summed E-state index contributed by atoms with van der Waals surface area (Å²) in [7, 11) is 1.98. The van der Waals surface area contributed by atoms with Gasteiger partial charge in [-0.3, -0.25) is 9.58 Å². The van der Waals surface area contributed by atoms with Crippen molar-refractivity contribution >= 4 is 23.2 Å². The largest absolute Gasteiger partial charge is 0.291 e. The fourth-order valence-electron chi connectivity index (χ4n) is 3.49. The monoisotopic (exact) mass is 287 g/mol. The first-order valence-corrected chi connectivity index (χ1v) is 7.45. The van der Waals surface area contributed by atoms with Crippen LogP contribution < -0.4 is 0 Å². The van der Waals surface area contributed by atoms with Crippen molar-refractivity contribution in [1.82, 2.24) is 14.7 Å². The van der Waals surface area contributed by atoms with Gasteiger partial charge in [0.05, 0.1) is 16.4 Å². The van der Waals surface area contributed by atoms with Gasteiger partial charge in [-0.2, -0.15) is 5.10 Å². The average Bonchev–Trinajstić information content (AvgIpc) is 2.68. The molecule has 0 N–H and O–H groups in total. The van der Waals surface area contributed by atoms with Crippen molar-refractivity contribution in [2.24, 2.45) is 7.05 Å². The second kappa shape index (κ2) is 4.69. The lowest BCUT2D eigenvalue weighted by Gasteiger charge is -2.36. The zero-order valence-corrected chi connectivity index (χ0v) is 12.4. The van der Waals surface area contributed by atoms with Crippen LogP contribution in [0.3, 0.4) is 0 Å². The van der Waals surface area contributed by atoms with Crippen LogP contribution in [-0.4, -0.2) is 32.1 Å². The van der Waals surface area contributed by atoms with E-state index in [4.69, 9.17) is 23.2 Å². The van der Waals surface area contributed by atoms with Crippen molar-refractivity contribution in [2.75, 3.05) is 0 Å². The minimum atomic E-state index is 0.363. The van der Waals surface area contributed by atoms with Crippen LogP contribution in [-0.2, 0) is 13.6 Å². The summed E-state index contributed by atoms with van der Waals surface area (Å²) in [4.78, 5) is 2.58. The Labute approximate surface area is 118 Å². The van der Waals surface area contributed by atoms with Gasteiger partial charge in [0.1, 0.15) is 0 Å². The molecule has 2 unspecified atom stereocenters. The summed E-state index contributed by atoms with van der Waals surface area (Å²) >= 11 is 12.7. The zero-order valence-electron chi connectivity index (χ0n) is 10.9. The first-order chi connectivity index (χ1) is 8.56. The van der Waals surface area contributed by atoms with E-state index in [1.807, 2.05) is 18.7 Å². The van der Waals surface area contributed by atoms with Crippen molar-refractivity contribution in [3.05, 3.63) is 16.4 Å². The first-order valence-electron chi connectivity index (χ1n) is 6.64. The molecule has 0 radical (unpaired) electrons. The molecule has 2 aliphatic rings. The molecule has 0 spiro atoms. The number of aryl methyl sites for hydroxylation is 2. The molecule has 0 aliphatic carbocycles. The van der Waals surface area contributed by atoms with E-state index >= 15 is 0 Å². The topological polar surface area (TPSA) is 21.1 Å². The van der Waals surface area contributed by atoms with Crippen LogP contribution in [0.2, 0.25) is 5.02 Å². The Kier molecular flexibility index (Phi) is 3.33. The van der Waals surface area contributed by atoms with Gasteiger partial charge in [-0.1, -0.05) is 11.6 Å². The van der Waals surface area contributed by atoms with Gasteiger partial charge in [-0.15, -0.1) is 11.6 Å². The normalized spacial score (nSPS) is 32.1. The third-order valence-electron chi connectivity index (χ3n) is 4.42. The van der Waals surface area contributed by atoms with Gasteiger partial charge in [-0.25, -0.2) is 0 Å². The Morgan fingerprint density at radius 1 is 1.28 bits per heavy atom. The summed E-state index contributed by atoms with van der Waals surface area (Å²) in [6.45, 7) is 2.88. The van der Waals surface area contributed by atoms with Crippen LogP contribution in [0.15, 0.2) is 0 Å². The summed E-state index contributed by atoms with van der Waals surface area (Å²) in [5, 5.41) is 5.58.